The van der Waals surface area contributed by atoms with E-state index in [1.807, 2.05) is 0 Å². The summed E-state index contributed by atoms with van der Waals surface area (Å²) in [6.07, 6.45) is -4.46. The SMILES string of the molecule is C[C@@H]1O[C@H](CNS(=O)(=O)c2ccco2)[C@@H](O)[C@H](O)[C@@H]1O. The molecule has 1 fully saturated rings. The summed E-state index contributed by atoms with van der Waals surface area (Å²) in [6, 6.07) is 2.71. The molecule has 9 heteroatoms. The zero-order chi connectivity index (χ0) is 14.9. The van der Waals surface area contributed by atoms with Crippen LogP contribution in [0.1, 0.15) is 6.92 Å². The van der Waals surface area contributed by atoms with Crippen LogP contribution in [0.5, 0.6) is 0 Å². The molecule has 4 N–H and O–H groups in total. The zero-order valence-electron chi connectivity index (χ0n) is 10.7. The third-order valence-electron chi connectivity index (χ3n) is 3.19. The first-order valence-corrected chi connectivity index (χ1v) is 7.54. The molecule has 0 saturated carbocycles. The van der Waals surface area contributed by atoms with E-state index in [9.17, 15) is 23.7 Å². The third kappa shape index (κ3) is 3.03. The van der Waals surface area contributed by atoms with E-state index in [0.717, 1.165) is 0 Å². The fourth-order valence-corrected chi connectivity index (χ4v) is 2.95. The van der Waals surface area contributed by atoms with Crippen molar-refractivity contribution in [3.05, 3.63) is 18.4 Å². The monoisotopic (exact) mass is 307 g/mol. The van der Waals surface area contributed by atoms with Crippen LogP contribution in [0.25, 0.3) is 0 Å². The lowest BCUT2D eigenvalue weighted by Crippen LogP contribution is -2.59. The molecule has 8 nitrogen and oxygen atoms in total. The number of aliphatic hydroxyl groups is 3. The summed E-state index contributed by atoms with van der Waals surface area (Å²) in [4.78, 5) is 0. The molecule has 0 unspecified atom stereocenters. The Hall–Kier alpha value is -0.970. The van der Waals surface area contributed by atoms with Gasteiger partial charge in [-0.15, -0.1) is 0 Å². The van der Waals surface area contributed by atoms with Crippen molar-refractivity contribution in [2.45, 2.75) is 42.5 Å². The van der Waals surface area contributed by atoms with Crippen LogP contribution in [0.4, 0.5) is 0 Å². The van der Waals surface area contributed by atoms with Crippen LogP contribution >= 0.6 is 0 Å². The van der Waals surface area contributed by atoms with Crippen molar-refractivity contribution < 1.29 is 32.9 Å². The summed E-state index contributed by atoms with van der Waals surface area (Å²) in [5.41, 5.74) is 0. The number of nitrogens with one attached hydrogen (secondary N) is 1. The molecular weight excluding hydrogens is 290 g/mol. The Morgan fingerprint density at radius 1 is 1.25 bits per heavy atom. The maximum absolute atomic E-state index is 11.8. The molecule has 0 spiro atoms. The highest BCUT2D eigenvalue weighted by molar-refractivity contribution is 7.89. The predicted molar refractivity (Wildman–Crippen MR) is 66.3 cm³/mol. The molecular formula is C11H17NO7S. The van der Waals surface area contributed by atoms with Gasteiger partial charge in [-0.05, 0) is 19.1 Å². The first-order chi connectivity index (χ1) is 9.33. The maximum atomic E-state index is 11.8. The van der Waals surface area contributed by atoms with Crippen LogP contribution in [0, 0.1) is 0 Å². The van der Waals surface area contributed by atoms with Crippen molar-refractivity contribution in [1.82, 2.24) is 4.72 Å². The predicted octanol–water partition coefficient (Wildman–Crippen LogP) is -1.57. The Labute approximate surface area is 116 Å². The van der Waals surface area contributed by atoms with Gasteiger partial charge < -0.3 is 24.5 Å². The lowest BCUT2D eigenvalue weighted by molar-refractivity contribution is -0.214. The largest absolute Gasteiger partial charge is 0.452 e. The van der Waals surface area contributed by atoms with E-state index in [1.165, 1.54) is 25.3 Å². The third-order valence-corrected chi connectivity index (χ3v) is 4.49. The topological polar surface area (TPSA) is 129 Å². The highest BCUT2D eigenvalue weighted by atomic mass is 32.2. The van der Waals surface area contributed by atoms with Gasteiger partial charge in [-0.25, -0.2) is 13.1 Å². The van der Waals surface area contributed by atoms with Crippen molar-refractivity contribution in [2.24, 2.45) is 0 Å². The van der Waals surface area contributed by atoms with Crippen LogP contribution in [0.3, 0.4) is 0 Å². The lowest BCUT2D eigenvalue weighted by atomic mass is 9.96. The number of aliphatic hydroxyl groups excluding tert-OH is 3. The molecule has 5 atom stereocenters. The molecule has 1 aromatic rings. The Balaban J connectivity index is 2.00. The maximum Gasteiger partial charge on any atom is 0.274 e. The minimum absolute atomic E-state index is 0.252. The Morgan fingerprint density at radius 2 is 1.95 bits per heavy atom. The van der Waals surface area contributed by atoms with Gasteiger partial charge in [0.15, 0.2) is 0 Å². The highest BCUT2D eigenvalue weighted by Gasteiger charge is 2.42. The number of ether oxygens (including phenoxy) is 1. The molecule has 0 bridgehead atoms. The van der Waals surface area contributed by atoms with E-state index >= 15 is 0 Å². The molecule has 0 radical (unpaired) electrons. The normalized spacial score (nSPS) is 35.1. The van der Waals surface area contributed by atoms with Gasteiger partial charge in [0.05, 0.1) is 12.4 Å². The van der Waals surface area contributed by atoms with Crippen LogP contribution in [0.15, 0.2) is 27.9 Å². The van der Waals surface area contributed by atoms with Crippen LogP contribution < -0.4 is 4.72 Å². The van der Waals surface area contributed by atoms with Gasteiger partial charge in [0.1, 0.15) is 24.4 Å². The number of sulfonamides is 1. The van der Waals surface area contributed by atoms with E-state index in [0.29, 0.717) is 0 Å². The summed E-state index contributed by atoms with van der Waals surface area (Å²) >= 11 is 0. The number of hydrogen-bond donors (Lipinski definition) is 4. The second-order valence-electron chi connectivity index (χ2n) is 4.64. The molecule has 2 rings (SSSR count). The summed E-state index contributed by atoms with van der Waals surface area (Å²) in [7, 11) is -3.84. The zero-order valence-corrected chi connectivity index (χ0v) is 11.5. The first kappa shape index (κ1) is 15.4. The summed E-state index contributed by atoms with van der Waals surface area (Å²) in [5, 5.41) is 28.7. The van der Waals surface area contributed by atoms with Gasteiger partial charge in [-0.3, -0.25) is 0 Å². The Morgan fingerprint density at radius 3 is 2.55 bits per heavy atom. The summed E-state index contributed by atoms with van der Waals surface area (Å²) in [6.45, 7) is 1.27. The molecule has 20 heavy (non-hydrogen) atoms. The van der Waals surface area contributed by atoms with Crippen molar-refractivity contribution in [1.29, 1.82) is 0 Å². The Bertz CT molecular complexity index is 529. The quantitative estimate of drug-likeness (QED) is 0.528. The standard InChI is InChI=1S/C11H17NO7S/c1-6-9(13)11(15)10(14)7(19-6)5-12-20(16,17)8-3-2-4-18-8/h2-4,6-7,9-15H,5H2,1H3/t6-,7+,9+,10+,11+/m0/s1. The van der Waals surface area contributed by atoms with E-state index in [-0.39, 0.29) is 11.6 Å². The molecule has 2 heterocycles. The van der Waals surface area contributed by atoms with Gasteiger partial charge >= 0.3 is 0 Å². The number of hydrogen-bond acceptors (Lipinski definition) is 7. The number of rotatable bonds is 4. The van der Waals surface area contributed by atoms with Crippen molar-refractivity contribution >= 4 is 10.0 Å². The fourth-order valence-electron chi connectivity index (χ4n) is 1.98. The van der Waals surface area contributed by atoms with Gasteiger partial charge in [0.25, 0.3) is 10.0 Å². The van der Waals surface area contributed by atoms with Gasteiger partial charge in [-0.2, -0.15) is 0 Å². The molecule has 1 saturated heterocycles. The average molecular weight is 307 g/mol. The fraction of sp³-hybridized carbons (Fsp3) is 0.636. The van der Waals surface area contributed by atoms with Crippen molar-refractivity contribution in [3.8, 4) is 0 Å². The summed E-state index contributed by atoms with van der Waals surface area (Å²) < 4.78 is 35.9. The van der Waals surface area contributed by atoms with E-state index in [2.05, 4.69) is 4.72 Å². The van der Waals surface area contributed by atoms with Crippen molar-refractivity contribution in [3.63, 3.8) is 0 Å². The van der Waals surface area contributed by atoms with Gasteiger partial charge in [-0.1, -0.05) is 0 Å². The van der Waals surface area contributed by atoms with Gasteiger partial charge in [0.2, 0.25) is 5.09 Å². The van der Waals surface area contributed by atoms with E-state index < -0.39 is 40.5 Å². The van der Waals surface area contributed by atoms with E-state index in [4.69, 9.17) is 9.15 Å². The van der Waals surface area contributed by atoms with Gasteiger partial charge in [0, 0.05) is 6.54 Å². The molecule has 114 valence electrons. The van der Waals surface area contributed by atoms with E-state index in [1.54, 1.807) is 0 Å². The average Bonchev–Trinajstić information content (AvgIpc) is 2.94. The molecule has 0 aromatic carbocycles. The summed E-state index contributed by atoms with van der Waals surface area (Å²) in [5.74, 6) is 0. The molecule has 1 aliphatic rings. The molecule has 1 aliphatic heterocycles. The molecule has 0 amide bonds. The minimum atomic E-state index is -3.84. The lowest BCUT2D eigenvalue weighted by Gasteiger charge is -2.39. The highest BCUT2D eigenvalue weighted by Crippen LogP contribution is 2.21. The van der Waals surface area contributed by atoms with Crippen LogP contribution in [-0.4, -0.2) is 60.8 Å². The number of furan rings is 1. The van der Waals surface area contributed by atoms with Crippen LogP contribution in [0.2, 0.25) is 0 Å². The van der Waals surface area contributed by atoms with Crippen LogP contribution in [-0.2, 0) is 14.8 Å². The first-order valence-electron chi connectivity index (χ1n) is 6.06. The minimum Gasteiger partial charge on any atom is -0.452 e. The molecule has 1 aromatic heterocycles. The van der Waals surface area contributed by atoms with Crippen molar-refractivity contribution in [2.75, 3.05) is 6.54 Å². The Kier molecular flexibility index (Phi) is 4.47. The second-order valence-corrected chi connectivity index (χ2v) is 6.33. The molecule has 0 aliphatic carbocycles. The smallest absolute Gasteiger partial charge is 0.274 e. The second kappa shape index (κ2) is 5.80.